The van der Waals surface area contributed by atoms with Crippen LogP contribution in [0.3, 0.4) is 0 Å². The number of hydrogen-bond donors (Lipinski definition) is 2. The van der Waals surface area contributed by atoms with Gasteiger partial charge in [-0.25, -0.2) is 4.39 Å². The van der Waals surface area contributed by atoms with Crippen molar-refractivity contribution in [3.05, 3.63) is 59.9 Å². The Labute approximate surface area is 144 Å². The van der Waals surface area contributed by atoms with Gasteiger partial charge in [0.05, 0.1) is 13.2 Å². The molecule has 0 aliphatic carbocycles. The second kappa shape index (κ2) is 8.79. The summed E-state index contributed by atoms with van der Waals surface area (Å²) in [5.74, 6) is -1.56. The number of carbonyl (C=O) groups excluding carboxylic acids is 2. The summed E-state index contributed by atoms with van der Waals surface area (Å²) in [5, 5.41) is 4.82. The summed E-state index contributed by atoms with van der Waals surface area (Å²) in [6, 6.07) is 12.5. The van der Waals surface area contributed by atoms with Gasteiger partial charge in [0.2, 0.25) is 0 Å². The third-order valence-electron chi connectivity index (χ3n) is 3.49. The van der Waals surface area contributed by atoms with Crippen molar-refractivity contribution < 1.29 is 23.5 Å². The standard InChI is InChI=1S/C18H19FN2O4/c1-24-15-8-3-5-12(9-15)16(25-2)11-20-17(22)18(23)21-14-7-4-6-13(19)10-14/h3-10,16H,11H2,1-2H3,(H,20,22)(H,21,23)/t16-/m1/s1. The number of benzene rings is 2. The van der Waals surface area contributed by atoms with E-state index in [4.69, 9.17) is 9.47 Å². The lowest BCUT2D eigenvalue weighted by atomic mass is 10.1. The Kier molecular flexibility index (Phi) is 6.47. The van der Waals surface area contributed by atoms with Crippen molar-refractivity contribution in [1.29, 1.82) is 0 Å². The quantitative estimate of drug-likeness (QED) is 0.787. The Morgan fingerprint density at radius 3 is 2.52 bits per heavy atom. The van der Waals surface area contributed by atoms with Crippen LogP contribution in [0.25, 0.3) is 0 Å². The monoisotopic (exact) mass is 346 g/mol. The zero-order valence-corrected chi connectivity index (χ0v) is 13.9. The second-order valence-electron chi connectivity index (χ2n) is 5.18. The van der Waals surface area contributed by atoms with Crippen LogP contribution in [0.1, 0.15) is 11.7 Å². The molecule has 0 saturated heterocycles. The van der Waals surface area contributed by atoms with E-state index < -0.39 is 23.7 Å². The molecule has 2 N–H and O–H groups in total. The molecule has 1 atom stereocenters. The van der Waals surface area contributed by atoms with Gasteiger partial charge in [-0.1, -0.05) is 18.2 Å². The summed E-state index contributed by atoms with van der Waals surface area (Å²) in [6.45, 7) is 0.0963. The Bertz CT molecular complexity index is 751. The maximum absolute atomic E-state index is 13.1. The third kappa shape index (κ3) is 5.29. The average Bonchev–Trinajstić information content (AvgIpc) is 2.62. The molecule has 0 heterocycles. The van der Waals surface area contributed by atoms with Gasteiger partial charge in [-0.05, 0) is 35.9 Å². The van der Waals surface area contributed by atoms with Gasteiger partial charge in [0.1, 0.15) is 11.6 Å². The number of methoxy groups -OCH3 is 2. The van der Waals surface area contributed by atoms with Crippen molar-refractivity contribution in [2.24, 2.45) is 0 Å². The van der Waals surface area contributed by atoms with E-state index in [9.17, 15) is 14.0 Å². The number of halogens is 1. The number of anilines is 1. The van der Waals surface area contributed by atoms with E-state index in [0.717, 1.165) is 11.6 Å². The first-order chi connectivity index (χ1) is 12.0. The third-order valence-corrected chi connectivity index (χ3v) is 3.49. The molecule has 132 valence electrons. The molecule has 7 heteroatoms. The van der Waals surface area contributed by atoms with Crippen molar-refractivity contribution in [1.82, 2.24) is 5.32 Å². The number of hydrogen-bond acceptors (Lipinski definition) is 4. The maximum Gasteiger partial charge on any atom is 0.313 e. The summed E-state index contributed by atoms with van der Waals surface area (Å²) < 4.78 is 23.6. The molecule has 0 fully saturated rings. The van der Waals surface area contributed by atoms with Gasteiger partial charge in [-0.15, -0.1) is 0 Å². The summed E-state index contributed by atoms with van der Waals surface area (Å²) in [5.41, 5.74) is 1.00. The smallest absolute Gasteiger partial charge is 0.313 e. The first kappa shape index (κ1) is 18.4. The summed E-state index contributed by atoms with van der Waals surface area (Å²) in [4.78, 5) is 23.8. The molecule has 0 saturated carbocycles. The molecular formula is C18H19FN2O4. The molecule has 0 radical (unpaired) electrons. The van der Waals surface area contributed by atoms with Crippen LogP contribution in [0.4, 0.5) is 10.1 Å². The first-order valence-corrected chi connectivity index (χ1v) is 7.55. The Hall–Kier alpha value is -2.93. The second-order valence-corrected chi connectivity index (χ2v) is 5.18. The molecule has 2 aromatic rings. The molecule has 2 rings (SSSR count). The van der Waals surface area contributed by atoms with Gasteiger partial charge in [-0.2, -0.15) is 0 Å². The van der Waals surface area contributed by atoms with E-state index >= 15 is 0 Å². The van der Waals surface area contributed by atoms with Gasteiger partial charge in [0.15, 0.2) is 0 Å². The van der Waals surface area contributed by atoms with Crippen LogP contribution in [-0.2, 0) is 14.3 Å². The molecule has 2 amide bonds. The van der Waals surface area contributed by atoms with E-state index in [1.165, 1.54) is 25.3 Å². The molecule has 0 spiro atoms. The highest BCUT2D eigenvalue weighted by Gasteiger charge is 2.17. The zero-order valence-electron chi connectivity index (χ0n) is 13.9. The summed E-state index contributed by atoms with van der Waals surface area (Å²) in [7, 11) is 3.06. The van der Waals surface area contributed by atoms with Gasteiger partial charge < -0.3 is 20.1 Å². The number of carbonyl (C=O) groups is 2. The predicted molar refractivity (Wildman–Crippen MR) is 90.8 cm³/mol. The normalized spacial score (nSPS) is 11.5. The fraction of sp³-hybridized carbons (Fsp3) is 0.222. The Morgan fingerprint density at radius 1 is 1.08 bits per heavy atom. The van der Waals surface area contributed by atoms with E-state index in [1.807, 2.05) is 6.07 Å². The average molecular weight is 346 g/mol. The van der Waals surface area contributed by atoms with Crippen LogP contribution in [0.2, 0.25) is 0 Å². The molecule has 0 aromatic heterocycles. The fourth-order valence-electron chi connectivity index (χ4n) is 2.20. The number of amides is 2. The molecule has 0 bridgehead atoms. The maximum atomic E-state index is 13.1. The minimum Gasteiger partial charge on any atom is -0.497 e. The molecule has 2 aromatic carbocycles. The van der Waals surface area contributed by atoms with Crippen LogP contribution < -0.4 is 15.4 Å². The van der Waals surface area contributed by atoms with Crippen molar-refractivity contribution in [2.75, 3.05) is 26.1 Å². The number of rotatable bonds is 6. The van der Waals surface area contributed by atoms with Crippen LogP contribution in [-0.4, -0.2) is 32.6 Å². The van der Waals surface area contributed by atoms with Gasteiger partial charge in [-0.3, -0.25) is 9.59 Å². The SMILES string of the molecule is COc1cccc([C@@H](CNC(=O)C(=O)Nc2cccc(F)c2)OC)c1. The summed E-state index contributed by atoms with van der Waals surface area (Å²) >= 11 is 0. The highest BCUT2D eigenvalue weighted by atomic mass is 19.1. The minimum absolute atomic E-state index is 0.0963. The van der Waals surface area contributed by atoms with E-state index in [0.29, 0.717) is 5.75 Å². The topological polar surface area (TPSA) is 76.7 Å². The van der Waals surface area contributed by atoms with E-state index in [1.54, 1.807) is 25.3 Å². The predicted octanol–water partition coefficient (Wildman–Crippen LogP) is 2.28. The lowest BCUT2D eigenvalue weighted by molar-refractivity contribution is -0.136. The van der Waals surface area contributed by atoms with Gasteiger partial charge in [0.25, 0.3) is 0 Å². The van der Waals surface area contributed by atoms with Crippen LogP contribution >= 0.6 is 0 Å². The van der Waals surface area contributed by atoms with Crippen LogP contribution in [0, 0.1) is 5.82 Å². The molecule has 0 aliphatic rings. The van der Waals surface area contributed by atoms with Crippen LogP contribution in [0.15, 0.2) is 48.5 Å². The van der Waals surface area contributed by atoms with Crippen molar-refractivity contribution >= 4 is 17.5 Å². The van der Waals surface area contributed by atoms with Crippen molar-refractivity contribution in [3.8, 4) is 5.75 Å². The molecule has 0 unspecified atom stereocenters. The molecule has 25 heavy (non-hydrogen) atoms. The van der Waals surface area contributed by atoms with Crippen molar-refractivity contribution in [2.45, 2.75) is 6.10 Å². The summed E-state index contributed by atoms with van der Waals surface area (Å²) in [6.07, 6.45) is -0.444. The molecule has 6 nitrogen and oxygen atoms in total. The van der Waals surface area contributed by atoms with Gasteiger partial charge >= 0.3 is 11.8 Å². The zero-order chi connectivity index (χ0) is 18.2. The van der Waals surface area contributed by atoms with Gasteiger partial charge in [0, 0.05) is 19.3 Å². The molecular weight excluding hydrogens is 327 g/mol. The molecule has 0 aliphatic heterocycles. The lowest BCUT2D eigenvalue weighted by Crippen LogP contribution is -2.38. The van der Waals surface area contributed by atoms with Crippen LogP contribution in [0.5, 0.6) is 5.75 Å². The highest BCUT2D eigenvalue weighted by molar-refractivity contribution is 6.39. The number of nitrogens with one attached hydrogen (secondary N) is 2. The minimum atomic E-state index is -0.883. The highest BCUT2D eigenvalue weighted by Crippen LogP contribution is 2.21. The lowest BCUT2D eigenvalue weighted by Gasteiger charge is -2.17. The number of ether oxygens (including phenoxy) is 2. The Morgan fingerprint density at radius 2 is 1.84 bits per heavy atom. The van der Waals surface area contributed by atoms with E-state index in [-0.39, 0.29) is 12.2 Å². The largest absolute Gasteiger partial charge is 0.497 e. The Balaban J connectivity index is 1.93. The fourth-order valence-corrected chi connectivity index (χ4v) is 2.20. The van der Waals surface area contributed by atoms with E-state index in [2.05, 4.69) is 10.6 Å². The first-order valence-electron chi connectivity index (χ1n) is 7.55. The van der Waals surface area contributed by atoms with Crippen molar-refractivity contribution in [3.63, 3.8) is 0 Å².